The number of aromatic nitrogens is 2. The van der Waals surface area contributed by atoms with Crippen LogP contribution in [-0.4, -0.2) is 34.6 Å². The van der Waals surface area contributed by atoms with E-state index >= 15 is 0 Å². The first-order valence-corrected chi connectivity index (χ1v) is 8.90. The zero-order valence-corrected chi connectivity index (χ0v) is 14.9. The monoisotopic (exact) mass is 343 g/mol. The molecule has 1 atom stereocenters. The quantitative estimate of drug-likeness (QED) is 0.720. The number of benzene rings is 1. The van der Waals surface area contributed by atoms with Crippen molar-refractivity contribution in [3.05, 3.63) is 41.5 Å². The van der Waals surface area contributed by atoms with Gasteiger partial charge in [0.2, 0.25) is 11.8 Å². The highest BCUT2D eigenvalue weighted by Gasteiger charge is 2.32. The summed E-state index contributed by atoms with van der Waals surface area (Å²) >= 11 is 0. The van der Waals surface area contributed by atoms with Gasteiger partial charge in [-0.1, -0.05) is 17.3 Å². The number of amides is 1. The van der Waals surface area contributed by atoms with Gasteiger partial charge in [-0.3, -0.25) is 4.79 Å². The standard InChI is InChI=1S/C19H25N3O3/c1-14-20-19(21-25-14)17-7-5-13-22(17)18(23)8-4-3-6-15-9-11-16(24-2)12-10-15/h9-12,17H,3-8,13H2,1-2H3/t17-/m0/s1. The molecule has 1 aliphatic rings. The van der Waals surface area contributed by atoms with Crippen molar-refractivity contribution in [2.45, 2.75) is 51.5 Å². The Hall–Kier alpha value is -2.37. The van der Waals surface area contributed by atoms with Crippen LogP contribution in [0.4, 0.5) is 0 Å². The van der Waals surface area contributed by atoms with Crippen LogP contribution in [0.1, 0.15) is 55.4 Å². The van der Waals surface area contributed by atoms with Gasteiger partial charge in [0.15, 0.2) is 5.82 Å². The maximum atomic E-state index is 12.6. The van der Waals surface area contributed by atoms with Crippen molar-refractivity contribution in [3.8, 4) is 5.75 Å². The van der Waals surface area contributed by atoms with Crippen LogP contribution in [-0.2, 0) is 11.2 Å². The number of nitrogens with zero attached hydrogens (tertiary/aromatic N) is 3. The van der Waals surface area contributed by atoms with Gasteiger partial charge >= 0.3 is 0 Å². The number of rotatable bonds is 7. The molecule has 0 N–H and O–H groups in total. The molecule has 6 nitrogen and oxygen atoms in total. The lowest BCUT2D eigenvalue weighted by Gasteiger charge is -2.22. The van der Waals surface area contributed by atoms with Crippen molar-refractivity contribution >= 4 is 5.91 Å². The number of hydrogen-bond donors (Lipinski definition) is 0. The van der Waals surface area contributed by atoms with Crippen LogP contribution in [0.25, 0.3) is 0 Å². The van der Waals surface area contributed by atoms with E-state index in [1.165, 1.54) is 5.56 Å². The maximum Gasteiger partial charge on any atom is 0.223 e. The molecular formula is C19H25N3O3. The van der Waals surface area contributed by atoms with Crippen molar-refractivity contribution in [3.63, 3.8) is 0 Å². The number of aryl methyl sites for hydroxylation is 2. The number of carbonyl (C=O) groups excluding carboxylic acids is 1. The van der Waals surface area contributed by atoms with Crippen molar-refractivity contribution in [2.75, 3.05) is 13.7 Å². The first kappa shape index (κ1) is 17.5. The summed E-state index contributed by atoms with van der Waals surface area (Å²) < 4.78 is 10.2. The normalized spacial score (nSPS) is 17.0. The van der Waals surface area contributed by atoms with Crippen LogP contribution in [0.15, 0.2) is 28.8 Å². The Morgan fingerprint density at radius 1 is 1.32 bits per heavy atom. The molecule has 1 aliphatic heterocycles. The number of methoxy groups -OCH3 is 1. The summed E-state index contributed by atoms with van der Waals surface area (Å²) in [6.07, 6.45) is 5.35. The smallest absolute Gasteiger partial charge is 0.223 e. The molecule has 2 heterocycles. The lowest BCUT2D eigenvalue weighted by molar-refractivity contribution is -0.132. The molecule has 2 aromatic rings. The maximum absolute atomic E-state index is 12.6. The molecule has 1 aromatic carbocycles. The Balaban J connectivity index is 1.45. The number of ether oxygens (including phenoxy) is 1. The molecule has 1 amide bonds. The highest BCUT2D eigenvalue weighted by molar-refractivity contribution is 5.76. The average molecular weight is 343 g/mol. The van der Waals surface area contributed by atoms with E-state index in [1.807, 2.05) is 17.0 Å². The van der Waals surface area contributed by atoms with Crippen LogP contribution in [0, 0.1) is 6.92 Å². The molecule has 0 aliphatic carbocycles. The van der Waals surface area contributed by atoms with Crippen LogP contribution in [0.5, 0.6) is 5.75 Å². The second-order valence-electron chi connectivity index (χ2n) is 6.47. The van der Waals surface area contributed by atoms with Gasteiger partial charge < -0.3 is 14.2 Å². The second kappa shape index (κ2) is 8.14. The highest BCUT2D eigenvalue weighted by Crippen LogP contribution is 2.30. The fraction of sp³-hybridized carbons (Fsp3) is 0.526. The molecule has 0 unspecified atom stereocenters. The predicted octanol–water partition coefficient (Wildman–Crippen LogP) is 3.46. The fourth-order valence-electron chi connectivity index (χ4n) is 3.33. The number of likely N-dealkylation sites (tertiary alicyclic amines) is 1. The second-order valence-corrected chi connectivity index (χ2v) is 6.47. The van der Waals surface area contributed by atoms with Gasteiger partial charge in [-0.15, -0.1) is 0 Å². The summed E-state index contributed by atoms with van der Waals surface area (Å²) in [5.74, 6) is 2.26. The Morgan fingerprint density at radius 3 is 2.80 bits per heavy atom. The summed E-state index contributed by atoms with van der Waals surface area (Å²) in [6, 6.07) is 8.09. The van der Waals surface area contributed by atoms with Gasteiger partial charge in [0.25, 0.3) is 0 Å². The number of carbonyl (C=O) groups is 1. The van der Waals surface area contributed by atoms with Crippen molar-refractivity contribution in [2.24, 2.45) is 0 Å². The van der Waals surface area contributed by atoms with Gasteiger partial charge in [-0.05, 0) is 49.8 Å². The van der Waals surface area contributed by atoms with Crippen molar-refractivity contribution in [1.29, 1.82) is 0 Å². The van der Waals surface area contributed by atoms with Crippen molar-refractivity contribution in [1.82, 2.24) is 15.0 Å². The molecule has 134 valence electrons. The van der Waals surface area contributed by atoms with Crippen LogP contribution < -0.4 is 4.74 Å². The third-order valence-corrected chi connectivity index (χ3v) is 4.68. The number of unbranched alkanes of at least 4 members (excludes halogenated alkanes) is 1. The molecule has 1 aromatic heterocycles. The first-order valence-electron chi connectivity index (χ1n) is 8.90. The molecule has 1 saturated heterocycles. The topological polar surface area (TPSA) is 68.5 Å². The summed E-state index contributed by atoms with van der Waals surface area (Å²) in [5.41, 5.74) is 1.27. The Labute approximate surface area is 148 Å². The summed E-state index contributed by atoms with van der Waals surface area (Å²) in [5, 5.41) is 3.99. The van der Waals surface area contributed by atoms with E-state index in [0.717, 1.165) is 44.4 Å². The highest BCUT2D eigenvalue weighted by atomic mass is 16.5. The molecule has 3 rings (SSSR count). The van der Waals surface area contributed by atoms with Crippen molar-refractivity contribution < 1.29 is 14.1 Å². The Morgan fingerprint density at radius 2 is 2.12 bits per heavy atom. The molecular weight excluding hydrogens is 318 g/mol. The zero-order chi connectivity index (χ0) is 17.6. The third-order valence-electron chi connectivity index (χ3n) is 4.68. The summed E-state index contributed by atoms with van der Waals surface area (Å²) in [7, 11) is 1.67. The van der Waals surface area contributed by atoms with E-state index in [9.17, 15) is 4.79 Å². The molecule has 0 radical (unpaired) electrons. The average Bonchev–Trinajstić information content (AvgIpc) is 3.27. The molecule has 25 heavy (non-hydrogen) atoms. The number of hydrogen-bond acceptors (Lipinski definition) is 5. The molecule has 0 saturated carbocycles. The van der Waals surface area contributed by atoms with Gasteiger partial charge in [0, 0.05) is 19.9 Å². The minimum Gasteiger partial charge on any atom is -0.497 e. The molecule has 0 spiro atoms. The SMILES string of the molecule is COc1ccc(CCCCC(=O)N2CCC[C@H]2c2noc(C)n2)cc1. The van der Waals surface area contributed by atoms with Crippen LogP contribution >= 0.6 is 0 Å². The van der Waals surface area contributed by atoms with Crippen LogP contribution in [0.2, 0.25) is 0 Å². The lowest BCUT2D eigenvalue weighted by Crippen LogP contribution is -2.30. The Bertz CT molecular complexity index is 696. The Kier molecular flexibility index (Phi) is 5.68. The van der Waals surface area contributed by atoms with Gasteiger partial charge in [0.05, 0.1) is 13.2 Å². The minimum absolute atomic E-state index is 0.0217. The zero-order valence-electron chi connectivity index (χ0n) is 14.9. The largest absolute Gasteiger partial charge is 0.497 e. The minimum atomic E-state index is -0.0217. The fourth-order valence-corrected chi connectivity index (χ4v) is 3.33. The van der Waals surface area contributed by atoms with Gasteiger partial charge in [0.1, 0.15) is 5.75 Å². The van der Waals surface area contributed by atoms with Crippen LogP contribution in [0.3, 0.4) is 0 Å². The van der Waals surface area contributed by atoms with E-state index in [2.05, 4.69) is 22.3 Å². The predicted molar refractivity (Wildman–Crippen MR) is 93.3 cm³/mol. The van der Waals surface area contributed by atoms with E-state index in [1.54, 1.807) is 14.0 Å². The van der Waals surface area contributed by atoms with E-state index in [-0.39, 0.29) is 11.9 Å². The summed E-state index contributed by atoms with van der Waals surface area (Å²) in [4.78, 5) is 18.8. The molecule has 6 heteroatoms. The first-order chi connectivity index (χ1) is 12.2. The van der Waals surface area contributed by atoms with E-state index < -0.39 is 0 Å². The van der Waals surface area contributed by atoms with E-state index in [0.29, 0.717) is 18.1 Å². The third kappa shape index (κ3) is 4.38. The molecule has 0 bridgehead atoms. The summed E-state index contributed by atoms with van der Waals surface area (Å²) in [6.45, 7) is 2.56. The lowest BCUT2D eigenvalue weighted by atomic mass is 10.1. The van der Waals surface area contributed by atoms with Gasteiger partial charge in [-0.25, -0.2) is 0 Å². The van der Waals surface area contributed by atoms with E-state index in [4.69, 9.17) is 9.26 Å². The molecule has 1 fully saturated rings. The van der Waals surface area contributed by atoms with Gasteiger partial charge in [-0.2, -0.15) is 4.98 Å².